The van der Waals surface area contributed by atoms with Crippen LogP contribution in [0.2, 0.25) is 0 Å². The first kappa shape index (κ1) is 23.7. The predicted octanol–water partition coefficient (Wildman–Crippen LogP) is 4.66. The molecular weight excluding hydrogens is 358 g/mol. The summed E-state index contributed by atoms with van der Waals surface area (Å²) in [6, 6.07) is 0.285. The monoisotopic (exact) mass is 401 g/mol. The zero-order chi connectivity index (χ0) is 21.2. The van der Waals surface area contributed by atoms with Crippen LogP contribution in [-0.4, -0.2) is 48.7 Å². The van der Waals surface area contributed by atoms with Gasteiger partial charge in [-0.1, -0.05) is 47.1 Å². The number of amidine groups is 1. The number of hydrogen-bond donors (Lipinski definition) is 2. The summed E-state index contributed by atoms with van der Waals surface area (Å²) in [5.41, 5.74) is 10.9. The lowest BCUT2D eigenvalue weighted by molar-refractivity contribution is 0.183. The van der Waals surface area contributed by atoms with Gasteiger partial charge in [-0.15, -0.1) is 0 Å². The van der Waals surface area contributed by atoms with E-state index < -0.39 is 0 Å². The third-order valence-electron chi connectivity index (χ3n) is 6.22. The number of nitrogens with one attached hydrogen (secondary N) is 1. The van der Waals surface area contributed by atoms with E-state index in [-0.39, 0.29) is 6.04 Å². The molecule has 2 heterocycles. The summed E-state index contributed by atoms with van der Waals surface area (Å²) >= 11 is 0. The maximum Gasteiger partial charge on any atom is 0.147 e. The van der Waals surface area contributed by atoms with Crippen molar-refractivity contribution in [2.75, 3.05) is 26.2 Å². The Labute approximate surface area is 178 Å². The van der Waals surface area contributed by atoms with Gasteiger partial charge in [-0.25, -0.2) is 0 Å². The van der Waals surface area contributed by atoms with Crippen molar-refractivity contribution in [2.24, 2.45) is 21.6 Å². The molecule has 1 fully saturated rings. The average molecular weight is 402 g/mol. The Balaban J connectivity index is 2.30. The zero-order valence-corrected chi connectivity index (χ0v) is 19.3. The molecule has 3 N–H and O–H groups in total. The zero-order valence-electron chi connectivity index (χ0n) is 19.3. The fourth-order valence-electron chi connectivity index (χ4n) is 4.58. The van der Waals surface area contributed by atoms with Gasteiger partial charge in [-0.3, -0.25) is 14.9 Å². The first-order valence-corrected chi connectivity index (χ1v) is 11.8. The number of piperidine rings is 1. The molecule has 0 saturated carbocycles. The third kappa shape index (κ3) is 6.43. The van der Waals surface area contributed by atoms with E-state index in [2.05, 4.69) is 44.5 Å². The molecule has 5 nitrogen and oxygen atoms in total. The van der Waals surface area contributed by atoms with Crippen molar-refractivity contribution in [3.8, 4) is 0 Å². The largest absolute Gasteiger partial charge is 0.401 e. The number of hydrogen-bond acceptors (Lipinski definition) is 5. The topological polar surface area (TPSA) is 66.0 Å². The van der Waals surface area contributed by atoms with Crippen LogP contribution >= 0.6 is 0 Å². The first-order chi connectivity index (χ1) is 14.0. The van der Waals surface area contributed by atoms with Crippen molar-refractivity contribution in [1.82, 2.24) is 10.2 Å². The normalized spacial score (nSPS) is 22.3. The summed E-state index contributed by atoms with van der Waals surface area (Å²) in [4.78, 5) is 12.2. The second kappa shape index (κ2) is 12.2. The molecule has 0 spiro atoms. The van der Waals surface area contributed by atoms with E-state index in [1.807, 2.05) is 0 Å². The van der Waals surface area contributed by atoms with Gasteiger partial charge in [0.2, 0.25) is 0 Å². The highest BCUT2D eigenvalue weighted by Gasteiger charge is 2.28. The Bertz CT molecular complexity index is 631. The summed E-state index contributed by atoms with van der Waals surface area (Å²) in [5.74, 6) is 1.57. The SMILES string of the molecule is C=C(N)C1CCCCN1CC1=C(C(CC)CCC)CN=C(C(CC)=NCCC)N1. The van der Waals surface area contributed by atoms with Crippen LogP contribution in [0.25, 0.3) is 0 Å². The lowest BCUT2D eigenvalue weighted by atomic mass is 9.88. The van der Waals surface area contributed by atoms with Gasteiger partial charge in [0.05, 0.1) is 12.3 Å². The average Bonchev–Trinajstić information content (AvgIpc) is 2.73. The fraction of sp³-hybridized carbons (Fsp3) is 0.750. The molecule has 0 aromatic carbocycles. The van der Waals surface area contributed by atoms with Gasteiger partial charge in [0, 0.05) is 30.5 Å². The molecule has 0 aromatic rings. The molecule has 2 aliphatic heterocycles. The number of nitrogens with two attached hydrogens (primary N) is 1. The molecule has 2 rings (SSSR count). The van der Waals surface area contributed by atoms with Crippen LogP contribution in [0.4, 0.5) is 0 Å². The maximum atomic E-state index is 6.17. The highest BCUT2D eigenvalue weighted by Crippen LogP contribution is 2.28. The number of rotatable bonds is 11. The minimum absolute atomic E-state index is 0.285. The van der Waals surface area contributed by atoms with Crippen LogP contribution in [0.15, 0.2) is 33.5 Å². The first-order valence-electron chi connectivity index (χ1n) is 11.8. The second-order valence-electron chi connectivity index (χ2n) is 8.43. The van der Waals surface area contributed by atoms with Crippen molar-refractivity contribution in [3.05, 3.63) is 23.5 Å². The molecular formula is C24H43N5. The van der Waals surface area contributed by atoms with Crippen LogP contribution in [0.5, 0.6) is 0 Å². The third-order valence-corrected chi connectivity index (χ3v) is 6.22. The highest BCUT2D eigenvalue weighted by atomic mass is 15.2. The van der Waals surface area contributed by atoms with Crippen molar-refractivity contribution in [2.45, 2.75) is 85.1 Å². The summed E-state index contributed by atoms with van der Waals surface area (Å²) in [7, 11) is 0. The number of aliphatic imine (C=N–C) groups is 2. The van der Waals surface area contributed by atoms with Crippen molar-refractivity contribution >= 4 is 11.5 Å². The van der Waals surface area contributed by atoms with Crippen LogP contribution < -0.4 is 11.1 Å². The van der Waals surface area contributed by atoms with E-state index in [9.17, 15) is 0 Å². The van der Waals surface area contributed by atoms with Crippen LogP contribution in [0.1, 0.15) is 79.1 Å². The summed E-state index contributed by atoms with van der Waals surface area (Å²) in [6.45, 7) is 16.6. The Kier molecular flexibility index (Phi) is 9.92. The lowest BCUT2D eigenvalue weighted by Crippen LogP contribution is -2.47. The van der Waals surface area contributed by atoms with Crippen LogP contribution in [0.3, 0.4) is 0 Å². The highest BCUT2D eigenvalue weighted by molar-refractivity contribution is 6.41. The predicted molar refractivity (Wildman–Crippen MR) is 127 cm³/mol. The number of nitrogens with zero attached hydrogens (tertiary/aromatic N) is 3. The van der Waals surface area contributed by atoms with Gasteiger partial charge < -0.3 is 11.1 Å². The molecule has 0 amide bonds. The van der Waals surface area contributed by atoms with Crippen molar-refractivity contribution in [3.63, 3.8) is 0 Å². The Hall–Kier alpha value is -1.62. The van der Waals surface area contributed by atoms with E-state index in [1.54, 1.807) is 0 Å². The van der Waals surface area contributed by atoms with Gasteiger partial charge >= 0.3 is 0 Å². The summed E-state index contributed by atoms with van der Waals surface area (Å²) < 4.78 is 0. The molecule has 1 saturated heterocycles. The minimum atomic E-state index is 0.285. The van der Waals surface area contributed by atoms with E-state index in [4.69, 9.17) is 15.7 Å². The smallest absolute Gasteiger partial charge is 0.147 e. The molecule has 164 valence electrons. The maximum absolute atomic E-state index is 6.17. The second-order valence-corrected chi connectivity index (χ2v) is 8.43. The van der Waals surface area contributed by atoms with Gasteiger partial charge in [-0.2, -0.15) is 0 Å². The molecule has 29 heavy (non-hydrogen) atoms. The summed E-state index contributed by atoms with van der Waals surface area (Å²) in [5, 5.41) is 3.73. The van der Waals surface area contributed by atoms with Crippen molar-refractivity contribution < 1.29 is 0 Å². The van der Waals surface area contributed by atoms with Gasteiger partial charge in [0.1, 0.15) is 5.84 Å². The molecule has 5 heteroatoms. The molecule has 0 aliphatic carbocycles. The van der Waals surface area contributed by atoms with Crippen molar-refractivity contribution in [1.29, 1.82) is 0 Å². The molecule has 2 aliphatic rings. The molecule has 0 aromatic heterocycles. The van der Waals surface area contributed by atoms with Gasteiger partial charge in [-0.05, 0) is 56.6 Å². The number of likely N-dealkylation sites (tertiary alicyclic amines) is 1. The van der Waals surface area contributed by atoms with Gasteiger partial charge in [0.25, 0.3) is 0 Å². The minimum Gasteiger partial charge on any atom is -0.401 e. The van der Waals surface area contributed by atoms with E-state index in [0.717, 1.165) is 69.1 Å². The summed E-state index contributed by atoms with van der Waals surface area (Å²) in [6.07, 6.45) is 9.15. The van der Waals surface area contributed by atoms with E-state index in [0.29, 0.717) is 5.92 Å². The molecule has 2 unspecified atom stereocenters. The lowest BCUT2D eigenvalue weighted by Gasteiger charge is -2.38. The molecule has 0 radical (unpaired) electrons. The fourth-order valence-corrected chi connectivity index (χ4v) is 4.58. The molecule has 2 atom stereocenters. The molecule has 0 bridgehead atoms. The Morgan fingerprint density at radius 1 is 1.28 bits per heavy atom. The van der Waals surface area contributed by atoms with Crippen LogP contribution in [0, 0.1) is 5.92 Å². The Morgan fingerprint density at radius 2 is 2.07 bits per heavy atom. The quantitative estimate of drug-likeness (QED) is 0.495. The Morgan fingerprint density at radius 3 is 2.69 bits per heavy atom. The standard InChI is InChI=1S/C24H43N5/c1-6-12-19(8-3)20-16-27-24(21(9-4)26-14-7-2)28-22(20)17-29-15-11-10-13-23(29)18(5)25/h19,23H,5-17,25H2,1-4H3,(H,27,28). The van der Waals surface area contributed by atoms with E-state index in [1.165, 1.54) is 37.0 Å². The van der Waals surface area contributed by atoms with Crippen LogP contribution in [-0.2, 0) is 0 Å². The van der Waals surface area contributed by atoms with Gasteiger partial charge in [0.15, 0.2) is 0 Å². The van der Waals surface area contributed by atoms with E-state index >= 15 is 0 Å².